The number of amides is 1. The fourth-order valence-corrected chi connectivity index (χ4v) is 7.48. The van der Waals surface area contributed by atoms with Crippen molar-refractivity contribution in [2.45, 2.75) is 71.4 Å². The molecule has 6 rings (SSSR count). The van der Waals surface area contributed by atoms with Gasteiger partial charge < -0.3 is 18.9 Å². The Balaban J connectivity index is 1.30. The molecule has 1 spiro atoms. The van der Waals surface area contributed by atoms with Gasteiger partial charge in [-0.1, -0.05) is 26.6 Å². The molecule has 2 aliphatic carbocycles. The largest absolute Gasteiger partial charge is 0.381 e. The number of rotatable bonds is 9. The first-order valence-corrected chi connectivity index (χ1v) is 17.9. The average molecular weight is 537 g/mol. The molecule has 2 saturated carbocycles. The van der Waals surface area contributed by atoms with E-state index in [0.29, 0.717) is 41.8 Å². The Hall–Kier alpha value is -2.48. The van der Waals surface area contributed by atoms with Crippen molar-refractivity contribution < 1.29 is 14.3 Å². The summed E-state index contributed by atoms with van der Waals surface area (Å²) in [5.41, 5.74) is 1.64. The molecule has 1 amide bonds. The van der Waals surface area contributed by atoms with Crippen LogP contribution in [0.5, 0.6) is 0 Å². The molecule has 3 atom stereocenters. The van der Waals surface area contributed by atoms with Gasteiger partial charge >= 0.3 is 0 Å². The Kier molecular flexibility index (Phi) is 6.32. The molecular weight excluding hydrogens is 496 g/mol. The fraction of sp³-hybridized carbons (Fsp3) is 0.714. The number of nitrogens with one attached hydrogen (secondary N) is 1. The number of aromatic nitrogens is 3. The van der Waals surface area contributed by atoms with Crippen LogP contribution in [0.1, 0.15) is 44.6 Å². The number of nitriles is 1. The van der Waals surface area contributed by atoms with E-state index < -0.39 is 8.07 Å². The predicted molar refractivity (Wildman–Crippen MR) is 149 cm³/mol. The van der Waals surface area contributed by atoms with Crippen molar-refractivity contribution in [3.05, 3.63) is 11.8 Å². The summed E-state index contributed by atoms with van der Waals surface area (Å²) >= 11 is 0. The summed E-state index contributed by atoms with van der Waals surface area (Å²) in [6, 6.07) is 3.44. The van der Waals surface area contributed by atoms with Crippen molar-refractivity contribution in [3.63, 3.8) is 0 Å². The maximum Gasteiger partial charge on any atom is 0.233 e. The number of piperidine rings is 1. The van der Waals surface area contributed by atoms with Gasteiger partial charge in [0.05, 0.1) is 10.9 Å². The number of nitrogens with zero attached hydrogens (tertiary/aromatic N) is 5. The van der Waals surface area contributed by atoms with Gasteiger partial charge in [0.15, 0.2) is 5.65 Å². The van der Waals surface area contributed by atoms with E-state index in [1.165, 1.54) is 6.42 Å². The zero-order chi connectivity index (χ0) is 26.7. The average Bonchev–Trinajstić information content (AvgIpc) is 3.68. The molecule has 4 fully saturated rings. The quantitative estimate of drug-likeness (QED) is 0.369. The van der Waals surface area contributed by atoms with Crippen LogP contribution >= 0.6 is 0 Å². The lowest BCUT2D eigenvalue weighted by molar-refractivity contribution is -0.118. The highest BCUT2D eigenvalue weighted by Gasteiger charge is 2.59. The SMILES string of the molecule is CCC12CC1CN(c1nc(NC(=O)C3CC34CCOCC4)nc3c1c(C#N)cn3COCC[Si](C)(C)C)C2. The summed E-state index contributed by atoms with van der Waals surface area (Å²) in [5.74, 6) is 1.75. The van der Waals surface area contributed by atoms with Crippen LogP contribution in [0.25, 0.3) is 11.0 Å². The summed E-state index contributed by atoms with van der Waals surface area (Å²) in [6.07, 6.45) is 7.03. The van der Waals surface area contributed by atoms with Crippen molar-refractivity contribution in [1.29, 1.82) is 5.26 Å². The maximum atomic E-state index is 13.3. The number of carbonyl (C=O) groups excluding carboxylic acids is 1. The van der Waals surface area contributed by atoms with Crippen LogP contribution in [-0.4, -0.2) is 61.4 Å². The molecule has 2 aliphatic heterocycles. The lowest BCUT2D eigenvalue weighted by atomic mass is 9.94. The molecule has 2 aromatic heterocycles. The molecule has 1 N–H and O–H groups in total. The van der Waals surface area contributed by atoms with E-state index in [1.54, 1.807) is 0 Å². The Morgan fingerprint density at radius 1 is 1.29 bits per heavy atom. The van der Waals surface area contributed by atoms with E-state index in [-0.39, 0.29) is 17.2 Å². The summed E-state index contributed by atoms with van der Waals surface area (Å²) < 4.78 is 13.5. The van der Waals surface area contributed by atoms with Crippen LogP contribution in [0.15, 0.2) is 6.20 Å². The van der Waals surface area contributed by atoms with Gasteiger partial charge in [-0.25, -0.2) is 0 Å². The third kappa shape index (κ3) is 4.63. The highest BCUT2D eigenvalue weighted by atomic mass is 28.3. The minimum atomic E-state index is -1.21. The van der Waals surface area contributed by atoms with Crippen LogP contribution in [0.3, 0.4) is 0 Å². The zero-order valence-electron chi connectivity index (χ0n) is 23.2. The number of ether oxygens (including phenoxy) is 2. The third-order valence-electron chi connectivity index (χ3n) is 9.58. The van der Waals surface area contributed by atoms with Crippen LogP contribution in [-0.2, 0) is 21.0 Å². The van der Waals surface area contributed by atoms with Crippen molar-refractivity contribution in [2.24, 2.45) is 22.7 Å². The lowest BCUT2D eigenvalue weighted by Gasteiger charge is -2.24. The molecule has 2 aromatic rings. The van der Waals surface area contributed by atoms with Crippen molar-refractivity contribution >= 4 is 36.8 Å². The van der Waals surface area contributed by atoms with Gasteiger partial charge in [-0.15, -0.1) is 0 Å². The second-order valence-corrected chi connectivity index (χ2v) is 18.9. The van der Waals surface area contributed by atoms with Gasteiger partial charge in [0, 0.05) is 53.1 Å². The summed E-state index contributed by atoms with van der Waals surface area (Å²) in [5, 5.41) is 13.9. The summed E-state index contributed by atoms with van der Waals surface area (Å²) in [7, 11) is -1.21. The van der Waals surface area contributed by atoms with E-state index in [0.717, 1.165) is 69.2 Å². The Morgan fingerprint density at radius 2 is 2.08 bits per heavy atom. The molecule has 204 valence electrons. The molecule has 38 heavy (non-hydrogen) atoms. The second-order valence-electron chi connectivity index (χ2n) is 13.3. The van der Waals surface area contributed by atoms with Crippen LogP contribution in [0, 0.1) is 34.0 Å². The highest BCUT2D eigenvalue weighted by molar-refractivity contribution is 6.76. The van der Waals surface area contributed by atoms with Gasteiger partial charge in [0.25, 0.3) is 0 Å². The minimum Gasteiger partial charge on any atom is -0.381 e. The van der Waals surface area contributed by atoms with Crippen LogP contribution < -0.4 is 10.2 Å². The van der Waals surface area contributed by atoms with Gasteiger partial charge in [-0.2, -0.15) is 15.2 Å². The number of carbonyl (C=O) groups is 1. The van der Waals surface area contributed by atoms with Gasteiger partial charge in [0.2, 0.25) is 11.9 Å². The molecule has 0 bridgehead atoms. The molecular formula is C28H40N6O3Si. The Labute approximate surface area is 225 Å². The van der Waals surface area contributed by atoms with Crippen molar-refractivity contribution in [2.75, 3.05) is 43.1 Å². The molecule has 2 saturated heterocycles. The first-order valence-electron chi connectivity index (χ1n) is 14.2. The normalized spacial score (nSPS) is 27.4. The lowest BCUT2D eigenvalue weighted by Crippen LogP contribution is -2.27. The summed E-state index contributed by atoms with van der Waals surface area (Å²) in [6.45, 7) is 13.6. The number of anilines is 2. The molecule has 0 radical (unpaired) electrons. The number of hydrogen-bond acceptors (Lipinski definition) is 7. The maximum absolute atomic E-state index is 13.3. The number of hydrogen-bond donors (Lipinski definition) is 1. The molecule has 3 unspecified atom stereocenters. The van der Waals surface area contributed by atoms with Gasteiger partial charge in [-0.05, 0) is 54.9 Å². The van der Waals surface area contributed by atoms with E-state index in [2.05, 4.69) is 42.9 Å². The minimum absolute atomic E-state index is 0.00324. The second kappa shape index (κ2) is 9.32. The molecule has 4 heterocycles. The molecule has 4 aliphatic rings. The third-order valence-corrected chi connectivity index (χ3v) is 11.3. The monoisotopic (exact) mass is 536 g/mol. The fourth-order valence-electron chi connectivity index (χ4n) is 6.72. The van der Waals surface area contributed by atoms with Gasteiger partial charge in [0.1, 0.15) is 18.6 Å². The standard InChI is InChI=1S/C28H40N6O3Si/c1-5-27-12-20(27)16-33(17-27)23-22-19(14-29)15-34(18-37-10-11-38(2,3)4)24(22)31-26(30-23)32-25(35)21-13-28(21)6-8-36-9-7-28/h15,20-21H,5-13,16-18H2,1-4H3,(H,30,31,32,35). The topological polar surface area (TPSA) is 105 Å². The Bertz CT molecular complexity index is 1290. The molecule has 0 aromatic carbocycles. The first kappa shape index (κ1) is 25.8. The van der Waals surface area contributed by atoms with Gasteiger partial charge in [-0.3, -0.25) is 10.1 Å². The van der Waals surface area contributed by atoms with Crippen LogP contribution in [0.4, 0.5) is 11.8 Å². The van der Waals surface area contributed by atoms with E-state index in [4.69, 9.17) is 19.4 Å². The van der Waals surface area contributed by atoms with Crippen molar-refractivity contribution in [1.82, 2.24) is 14.5 Å². The smallest absolute Gasteiger partial charge is 0.233 e. The van der Waals surface area contributed by atoms with Crippen LogP contribution in [0.2, 0.25) is 25.7 Å². The van der Waals surface area contributed by atoms with E-state index in [1.807, 2.05) is 10.8 Å². The number of fused-ring (bicyclic) bond motifs is 2. The molecule has 9 nitrogen and oxygen atoms in total. The highest BCUT2D eigenvalue weighted by Crippen LogP contribution is 2.61. The predicted octanol–water partition coefficient (Wildman–Crippen LogP) is 4.61. The Morgan fingerprint density at radius 3 is 2.76 bits per heavy atom. The molecule has 10 heteroatoms. The first-order chi connectivity index (χ1) is 18.2. The summed E-state index contributed by atoms with van der Waals surface area (Å²) in [4.78, 5) is 25.3. The van der Waals surface area contributed by atoms with E-state index in [9.17, 15) is 10.1 Å². The zero-order valence-corrected chi connectivity index (χ0v) is 24.2. The van der Waals surface area contributed by atoms with E-state index >= 15 is 0 Å². The van der Waals surface area contributed by atoms with Crippen molar-refractivity contribution in [3.8, 4) is 6.07 Å².